The molecule has 0 saturated heterocycles. The Morgan fingerprint density at radius 2 is 1.85 bits per heavy atom. The van der Waals surface area contributed by atoms with Crippen LogP contribution >= 0.6 is 15.9 Å². The first kappa shape index (κ1) is 19.1. The maximum atomic E-state index is 12.4. The minimum absolute atomic E-state index is 0.0438. The minimum Gasteiger partial charge on any atom is -0.462 e. The van der Waals surface area contributed by atoms with E-state index in [4.69, 9.17) is 4.74 Å². The molecule has 0 fully saturated rings. The fraction of sp³-hybridized carbons (Fsp3) is 0.250. The second-order valence-electron chi connectivity index (χ2n) is 6.33. The summed E-state index contributed by atoms with van der Waals surface area (Å²) in [6.45, 7) is 3.87. The van der Waals surface area contributed by atoms with Crippen LogP contribution in [0.2, 0.25) is 0 Å². The number of nitrogens with zero attached hydrogens (tertiary/aromatic N) is 2. The quantitative estimate of drug-likeness (QED) is 0.606. The number of rotatable bonds is 6. The van der Waals surface area contributed by atoms with E-state index < -0.39 is 0 Å². The number of para-hydroxylation sites is 2. The van der Waals surface area contributed by atoms with Crippen LogP contribution < -0.4 is 5.32 Å². The highest BCUT2D eigenvalue weighted by Gasteiger charge is 2.16. The van der Waals surface area contributed by atoms with Crippen LogP contribution in [-0.4, -0.2) is 27.5 Å². The molecule has 0 radical (unpaired) electrons. The molecule has 1 amide bonds. The smallest absolute Gasteiger partial charge is 0.326 e. The van der Waals surface area contributed by atoms with Gasteiger partial charge in [-0.3, -0.25) is 9.59 Å². The third-order valence-corrected chi connectivity index (χ3v) is 4.43. The largest absolute Gasteiger partial charge is 0.462 e. The SMILES string of the molecule is CC(C)OC(=O)Cn1c(CNC(=O)c2ccc(Br)cc2)nc2ccccc21. The Labute approximate surface area is 165 Å². The van der Waals surface area contributed by atoms with Crippen LogP contribution in [-0.2, 0) is 22.6 Å². The Morgan fingerprint density at radius 1 is 1.15 bits per heavy atom. The molecule has 0 bridgehead atoms. The van der Waals surface area contributed by atoms with E-state index in [-0.39, 0.29) is 31.1 Å². The van der Waals surface area contributed by atoms with E-state index >= 15 is 0 Å². The monoisotopic (exact) mass is 429 g/mol. The van der Waals surface area contributed by atoms with Crippen LogP contribution in [0.4, 0.5) is 0 Å². The molecule has 1 aromatic heterocycles. The lowest BCUT2D eigenvalue weighted by atomic mass is 10.2. The van der Waals surface area contributed by atoms with Crippen LogP contribution in [0.1, 0.15) is 30.0 Å². The van der Waals surface area contributed by atoms with Crippen molar-refractivity contribution in [1.29, 1.82) is 0 Å². The van der Waals surface area contributed by atoms with Gasteiger partial charge in [0.1, 0.15) is 12.4 Å². The van der Waals surface area contributed by atoms with Gasteiger partial charge in [-0.1, -0.05) is 28.1 Å². The van der Waals surface area contributed by atoms with Gasteiger partial charge in [-0.15, -0.1) is 0 Å². The van der Waals surface area contributed by atoms with Gasteiger partial charge in [0, 0.05) is 10.0 Å². The summed E-state index contributed by atoms with van der Waals surface area (Å²) in [5, 5.41) is 2.86. The van der Waals surface area contributed by atoms with Gasteiger partial charge in [0.05, 0.1) is 23.7 Å². The molecule has 1 N–H and O–H groups in total. The standard InChI is InChI=1S/C20H20BrN3O3/c1-13(2)27-19(25)12-24-17-6-4-3-5-16(17)23-18(24)11-22-20(26)14-7-9-15(21)10-8-14/h3-10,13H,11-12H2,1-2H3,(H,22,26). The van der Waals surface area contributed by atoms with E-state index in [9.17, 15) is 9.59 Å². The molecule has 140 valence electrons. The van der Waals surface area contributed by atoms with E-state index in [1.807, 2.05) is 50.2 Å². The zero-order chi connectivity index (χ0) is 19.4. The summed E-state index contributed by atoms with van der Waals surface area (Å²) in [6.07, 6.45) is -0.187. The summed E-state index contributed by atoms with van der Waals surface area (Å²) in [4.78, 5) is 29.1. The second-order valence-corrected chi connectivity index (χ2v) is 7.25. The molecule has 0 aliphatic carbocycles. The first-order valence-corrected chi connectivity index (χ1v) is 9.40. The van der Waals surface area contributed by atoms with E-state index in [1.165, 1.54) is 0 Å². The number of fused-ring (bicyclic) bond motifs is 1. The molecular formula is C20H20BrN3O3. The first-order chi connectivity index (χ1) is 12.9. The highest BCUT2D eigenvalue weighted by Crippen LogP contribution is 2.17. The molecule has 0 unspecified atom stereocenters. The number of hydrogen-bond acceptors (Lipinski definition) is 4. The lowest BCUT2D eigenvalue weighted by Gasteiger charge is -2.12. The topological polar surface area (TPSA) is 73.2 Å². The lowest BCUT2D eigenvalue weighted by molar-refractivity contribution is -0.148. The van der Waals surface area contributed by atoms with Gasteiger partial charge < -0.3 is 14.6 Å². The summed E-state index contributed by atoms with van der Waals surface area (Å²) in [5.41, 5.74) is 2.15. The van der Waals surface area contributed by atoms with Crippen LogP contribution in [0.25, 0.3) is 11.0 Å². The van der Waals surface area contributed by atoms with E-state index in [2.05, 4.69) is 26.2 Å². The van der Waals surface area contributed by atoms with Gasteiger partial charge in [0.15, 0.2) is 0 Å². The van der Waals surface area contributed by atoms with Crippen LogP contribution in [0.15, 0.2) is 53.0 Å². The van der Waals surface area contributed by atoms with Crippen molar-refractivity contribution in [2.24, 2.45) is 0 Å². The zero-order valence-corrected chi connectivity index (χ0v) is 16.7. The van der Waals surface area contributed by atoms with Gasteiger partial charge >= 0.3 is 5.97 Å². The Bertz CT molecular complexity index is 964. The predicted octanol–water partition coefficient (Wildman–Crippen LogP) is 3.68. The number of esters is 1. The maximum Gasteiger partial charge on any atom is 0.326 e. The van der Waals surface area contributed by atoms with Gasteiger partial charge in [0.25, 0.3) is 5.91 Å². The Morgan fingerprint density at radius 3 is 2.56 bits per heavy atom. The number of aromatic nitrogens is 2. The number of amides is 1. The minimum atomic E-state index is -0.339. The lowest BCUT2D eigenvalue weighted by Crippen LogP contribution is -2.26. The average Bonchev–Trinajstić information content (AvgIpc) is 2.97. The van der Waals surface area contributed by atoms with Crippen molar-refractivity contribution in [3.05, 3.63) is 64.4 Å². The molecule has 27 heavy (non-hydrogen) atoms. The number of carbonyl (C=O) groups excluding carboxylic acids is 2. The number of benzene rings is 2. The fourth-order valence-corrected chi connectivity index (χ4v) is 2.99. The molecule has 0 aliphatic rings. The second kappa shape index (κ2) is 8.35. The number of halogens is 1. The molecular weight excluding hydrogens is 410 g/mol. The highest BCUT2D eigenvalue weighted by molar-refractivity contribution is 9.10. The number of ether oxygens (including phenoxy) is 1. The molecule has 2 aromatic carbocycles. The molecule has 0 atom stereocenters. The van der Waals surface area contributed by atoms with Gasteiger partial charge in [-0.05, 0) is 50.2 Å². The first-order valence-electron chi connectivity index (χ1n) is 8.61. The molecule has 0 aliphatic heterocycles. The third kappa shape index (κ3) is 4.74. The number of nitrogens with one attached hydrogen (secondary N) is 1. The van der Waals surface area contributed by atoms with Crippen molar-refractivity contribution in [3.63, 3.8) is 0 Å². The van der Waals surface area contributed by atoms with Gasteiger partial charge in [0.2, 0.25) is 0 Å². The zero-order valence-electron chi connectivity index (χ0n) is 15.1. The molecule has 3 rings (SSSR count). The number of imidazole rings is 1. The summed E-state index contributed by atoms with van der Waals surface area (Å²) in [6, 6.07) is 14.6. The van der Waals surface area contributed by atoms with Crippen molar-refractivity contribution >= 4 is 38.8 Å². The van der Waals surface area contributed by atoms with Crippen LogP contribution in [0, 0.1) is 0 Å². The van der Waals surface area contributed by atoms with Crippen molar-refractivity contribution in [3.8, 4) is 0 Å². The van der Waals surface area contributed by atoms with Gasteiger partial charge in [-0.25, -0.2) is 4.98 Å². The Balaban J connectivity index is 1.80. The van der Waals surface area contributed by atoms with E-state index in [0.717, 1.165) is 15.5 Å². The Hall–Kier alpha value is -2.67. The molecule has 3 aromatic rings. The molecule has 0 saturated carbocycles. The summed E-state index contributed by atoms with van der Waals surface area (Å²) in [5.74, 6) is 0.0573. The Kier molecular flexibility index (Phi) is 5.91. The van der Waals surface area contributed by atoms with Crippen molar-refractivity contribution < 1.29 is 14.3 Å². The number of hydrogen-bond donors (Lipinski definition) is 1. The van der Waals surface area contributed by atoms with Crippen LogP contribution in [0.3, 0.4) is 0 Å². The van der Waals surface area contributed by atoms with Crippen molar-refractivity contribution in [1.82, 2.24) is 14.9 Å². The molecule has 6 nitrogen and oxygen atoms in total. The molecule has 1 heterocycles. The van der Waals surface area contributed by atoms with Crippen LogP contribution in [0.5, 0.6) is 0 Å². The van der Waals surface area contributed by atoms with E-state index in [0.29, 0.717) is 11.4 Å². The fourth-order valence-electron chi connectivity index (χ4n) is 2.73. The molecule has 0 spiro atoms. The summed E-state index contributed by atoms with van der Waals surface area (Å²) in [7, 11) is 0. The number of carbonyl (C=O) groups is 2. The normalized spacial score (nSPS) is 11.0. The van der Waals surface area contributed by atoms with Crippen molar-refractivity contribution in [2.75, 3.05) is 0 Å². The van der Waals surface area contributed by atoms with Gasteiger partial charge in [-0.2, -0.15) is 0 Å². The average molecular weight is 430 g/mol. The maximum absolute atomic E-state index is 12.4. The summed E-state index contributed by atoms with van der Waals surface area (Å²) >= 11 is 3.35. The summed E-state index contributed by atoms with van der Waals surface area (Å²) < 4.78 is 7.94. The van der Waals surface area contributed by atoms with E-state index in [1.54, 1.807) is 16.7 Å². The highest BCUT2D eigenvalue weighted by atomic mass is 79.9. The molecule has 7 heteroatoms. The third-order valence-electron chi connectivity index (χ3n) is 3.90. The van der Waals surface area contributed by atoms with Crippen molar-refractivity contribution in [2.45, 2.75) is 33.0 Å². The predicted molar refractivity (Wildman–Crippen MR) is 106 cm³/mol.